The van der Waals surface area contributed by atoms with Crippen molar-refractivity contribution in [1.29, 1.82) is 0 Å². The molecule has 0 fully saturated rings. The highest BCUT2D eigenvalue weighted by atomic mass is 16.5. The predicted molar refractivity (Wildman–Crippen MR) is 41.3 cm³/mol. The Balaban J connectivity index is 2.96. The molecule has 3 N–H and O–H groups in total. The van der Waals surface area contributed by atoms with Gasteiger partial charge in [0.05, 0.1) is 11.2 Å². The monoisotopic (exact) mass is 149 g/mol. The van der Waals surface area contributed by atoms with Crippen molar-refractivity contribution in [1.82, 2.24) is 9.71 Å². The number of hydrogen-bond acceptors (Lipinski definition) is 3. The van der Waals surface area contributed by atoms with Crippen LogP contribution in [0.15, 0.2) is 24.5 Å². The number of imidazole rings is 1. The molecule has 0 saturated heterocycles. The third-order valence-electron chi connectivity index (χ3n) is 1.58. The van der Waals surface area contributed by atoms with Gasteiger partial charge in [-0.3, -0.25) is 0 Å². The highest BCUT2D eigenvalue weighted by Crippen LogP contribution is 2.17. The van der Waals surface area contributed by atoms with E-state index in [1.807, 2.05) is 0 Å². The van der Waals surface area contributed by atoms with Crippen molar-refractivity contribution in [3.05, 3.63) is 24.5 Å². The van der Waals surface area contributed by atoms with Crippen LogP contribution in [0, 0.1) is 0 Å². The first kappa shape index (κ1) is 6.03. The van der Waals surface area contributed by atoms with Crippen molar-refractivity contribution >= 4 is 16.7 Å². The average Bonchev–Trinajstić information content (AvgIpc) is 2.34. The second-order valence-corrected chi connectivity index (χ2v) is 2.30. The van der Waals surface area contributed by atoms with Crippen molar-refractivity contribution in [2.75, 3.05) is 5.73 Å². The molecule has 1 aromatic carbocycles. The Morgan fingerprint density at radius 1 is 1.45 bits per heavy atom. The number of benzene rings is 1. The summed E-state index contributed by atoms with van der Waals surface area (Å²) in [7, 11) is 0. The number of anilines is 1. The number of aromatic nitrogens is 2. The molecular formula is C7H7N3O. The van der Waals surface area contributed by atoms with Crippen LogP contribution in [0.2, 0.25) is 0 Å². The molecule has 0 atom stereocenters. The molecule has 0 unspecified atom stereocenters. The highest BCUT2D eigenvalue weighted by Gasteiger charge is 2.02. The zero-order valence-corrected chi connectivity index (χ0v) is 5.73. The first-order chi connectivity index (χ1) is 5.29. The lowest BCUT2D eigenvalue weighted by atomic mass is 10.3. The van der Waals surface area contributed by atoms with E-state index in [1.54, 1.807) is 18.2 Å². The van der Waals surface area contributed by atoms with E-state index in [4.69, 9.17) is 10.9 Å². The Bertz CT molecular complexity index is 393. The molecule has 0 saturated carbocycles. The Morgan fingerprint density at radius 2 is 2.27 bits per heavy atom. The summed E-state index contributed by atoms with van der Waals surface area (Å²) < 4.78 is 0.921. The zero-order valence-electron chi connectivity index (χ0n) is 5.73. The van der Waals surface area contributed by atoms with Gasteiger partial charge in [0.25, 0.3) is 0 Å². The number of nitrogens with zero attached hydrogens (tertiary/aromatic N) is 2. The van der Waals surface area contributed by atoms with Crippen molar-refractivity contribution in [2.45, 2.75) is 0 Å². The topological polar surface area (TPSA) is 64.1 Å². The maximum Gasteiger partial charge on any atom is 0.133 e. The summed E-state index contributed by atoms with van der Waals surface area (Å²) in [5.74, 6) is 0. The van der Waals surface area contributed by atoms with Gasteiger partial charge in [-0.25, -0.2) is 4.98 Å². The highest BCUT2D eigenvalue weighted by molar-refractivity contribution is 5.86. The molecule has 2 aromatic rings. The van der Waals surface area contributed by atoms with Gasteiger partial charge in [0.15, 0.2) is 0 Å². The van der Waals surface area contributed by atoms with Crippen molar-refractivity contribution in [3.63, 3.8) is 0 Å². The predicted octanol–water partition coefficient (Wildman–Crippen LogP) is 0.856. The Morgan fingerprint density at radius 3 is 3.00 bits per heavy atom. The molecule has 0 radical (unpaired) electrons. The van der Waals surface area contributed by atoms with Gasteiger partial charge in [-0.1, -0.05) is 6.07 Å². The summed E-state index contributed by atoms with van der Waals surface area (Å²) in [6.07, 6.45) is 1.32. The third-order valence-corrected chi connectivity index (χ3v) is 1.58. The van der Waals surface area contributed by atoms with E-state index in [-0.39, 0.29) is 0 Å². The molecule has 1 heterocycles. The van der Waals surface area contributed by atoms with Crippen LogP contribution in [0.3, 0.4) is 0 Å². The zero-order chi connectivity index (χ0) is 7.84. The molecule has 0 bridgehead atoms. The van der Waals surface area contributed by atoms with Crippen LogP contribution in [0.1, 0.15) is 0 Å². The van der Waals surface area contributed by atoms with Crippen LogP contribution in [0.5, 0.6) is 0 Å². The van der Waals surface area contributed by atoms with E-state index >= 15 is 0 Å². The summed E-state index contributed by atoms with van der Waals surface area (Å²) in [5.41, 5.74) is 7.37. The molecule has 0 amide bonds. The molecule has 0 aliphatic rings. The maximum atomic E-state index is 9.17. The summed E-state index contributed by atoms with van der Waals surface area (Å²) in [4.78, 5) is 3.91. The molecule has 4 heteroatoms. The molecule has 2 rings (SSSR count). The lowest BCUT2D eigenvalue weighted by molar-refractivity contribution is 0.198. The minimum absolute atomic E-state index is 0.530. The van der Waals surface area contributed by atoms with Crippen LogP contribution in [-0.2, 0) is 0 Å². The quantitative estimate of drug-likeness (QED) is 0.431. The molecule has 0 aliphatic heterocycles. The van der Waals surface area contributed by atoms with Gasteiger partial charge >= 0.3 is 0 Å². The van der Waals surface area contributed by atoms with E-state index in [9.17, 15) is 0 Å². The molecule has 0 spiro atoms. The Hall–Kier alpha value is -1.71. The normalized spacial score (nSPS) is 10.5. The molecular weight excluding hydrogens is 142 g/mol. The van der Waals surface area contributed by atoms with Crippen molar-refractivity contribution in [2.24, 2.45) is 0 Å². The van der Waals surface area contributed by atoms with E-state index in [0.717, 1.165) is 4.73 Å². The van der Waals surface area contributed by atoms with Crippen molar-refractivity contribution < 1.29 is 5.21 Å². The second kappa shape index (κ2) is 1.88. The lowest BCUT2D eigenvalue weighted by Crippen LogP contribution is -1.92. The number of nitrogen functional groups attached to an aromatic ring is 1. The molecule has 0 aliphatic carbocycles. The molecule has 4 nitrogen and oxygen atoms in total. The second-order valence-electron chi connectivity index (χ2n) is 2.30. The standard InChI is InChI=1S/C7H7N3O/c8-5-2-1-3-6-7(5)10(11)4-9-6/h1-4,11H,8H2. The Labute approximate surface area is 62.8 Å². The van der Waals surface area contributed by atoms with Crippen LogP contribution < -0.4 is 5.73 Å². The smallest absolute Gasteiger partial charge is 0.133 e. The molecule has 1 aromatic heterocycles. The van der Waals surface area contributed by atoms with E-state index in [2.05, 4.69) is 4.98 Å². The van der Waals surface area contributed by atoms with Gasteiger partial charge in [0.1, 0.15) is 11.8 Å². The molecule has 56 valence electrons. The number of para-hydroxylation sites is 1. The lowest BCUT2D eigenvalue weighted by Gasteiger charge is -1.95. The van der Waals surface area contributed by atoms with Crippen LogP contribution in [0.4, 0.5) is 5.69 Å². The van der Waals surface area contributed by atoms with Gasteiger partial charge in [-0.15, -0.1) is 0 Å². The fourth-order valence-corrected chi connectivity index (χ4v) is 1.08. The first-order valence-electron chi connectivity index (χ1n) is 3.20. The van der Waals surface area contributed by atoms with Gasteiger partial charge in [-0.2, -0.15) is 4.73 Å². The first-order valence-corrected chi connectivity index (χ1v) is 3.20. The average molecular weight is 149 g/mol. The largest absolute Gasteiger partial charge is 0.427 e. The number of nitrogens with two attached hydrogens (primary N) is 1. The van der Waals surface area contributed by atoms with Crippen LogP contribution in [0.25, 0.3) is 11.0 Å². The third kappa shape index (κ3) is 0.724. The van der Waals surface area contributed by atoms with E-state index in [1.165, 1.54) is 6.33 Å². The molecule has 11 heavy (non-hydrogen) atoms. The summed E-state index contributed by atoms with van der Waals surface area (Å²) in [5, 5.41) is 9.17. The number of hydrogen-bond donors (Lipinski definition) is 2. The summed E-state index contributed by atoms with van der Waals surface area (Å²) >= 11 is 0. The van der Waals surface area contributed by atoms with E-state index < -0.39 is 0 Å². The van der Waals surface area contributed by atoms with Crippen LogP contribution >= 0.6 is 0 Å². The fourth-order valence-electron chi connectivity index (χ4n) is 1.08. The number of rotatable bonds is 0. The maximum absolute atomic E-state index is 9.17. The van der Waals surface area contributed by atoms with Crippen molar-refractivity contribution in [3.8, 4) is 0 Å². The fraction of sp³-hybridized carbons (Fsp3) is 0. The van der Waals surface area contributed by atoms with Crippen LogP contribution in [-0.4, -0.2) is 14.9 Å². The number of fused-ring (bicyclic) bond motifs is 1. The Kier molecular flexibility index (Phi) is 1.03. The summed E-state index contributed by atoms with van der Waals surface area (Å²) in [6, 6.07) is 5.31. The van der Waals surface area contributed by atoms with Gasteiger partial charge in [0, 0.05) is 0 Å². The minimum Gasteiger partial charge on any atom is -0.427 e. The summed E-state index contributed by atoms with van der Waals surface area (Å²) in [6.45, 7) is 0. The van der Waals surface area contributed by atoms with E-state index in [0.29, 0.717) is 16.7 Å². The minimum atomic E-state index is 0.530. The SMILES string of the molecule is Nc1cccc2ncn(O)c12. The van der Waals surface area contributed by atoms with Gasteiger partial charge in [0.2, 0.25) is 0 Å². The van der Waals surface area contributed by atoms with Gasteiger partial charge < -0.3 is 10.9 Å². The van der Waals surface area contributed by atoms with Gasteiger partial charge in [-0.05, 0) is 12.1 Å².